The highest BCUT2D eigenvalue weighted by Crippen LogP contribution is 2.25. The fraction of sp³-hybridized carbons (Fsp3) is 0.154. The van der Waals surface area contributed by atoms with Crippen LogP contribution in [-0.2, 0) is 19.4 Å². The van der Waals surface area contributed by atoms with Crippen LogP contribution in [0.15, 0.2) is 78.9 Å². The fourth-order valence-electron chi connectivity index (χ4n) is 3.79. The highest BCUT2D eigenvalue weighted by Gasteiger charge is 2.09. The van der Waals surface area contributed by atoms with E-state index in [0.717, 1.165) is 45.6 Å². The Labute approximate surface area is 191 Å². The van der Waals surface area contributed by atoms with Gasteiger partial charge in [-0.25, -0.2) is 4.98 Å². The van der Waals surface area contributed by atoms with Crippen molar-refractivity contribution in [2.24, 2.45) is 0 Å². The standard InChI is InChI=1S/C26H23N5O2/c1-32-25-13-8-19(16-26-28-30-31-29-26)15-21(25)14-18-6-11-23(12-7-18)33-17-22-10-9-20-4-2-3-5-24(20)27-22/h2-13,15H,14,16-17H2,1H3,(H,28,29,30,31). The maximum Gasteiger partial charge on any atom is 0.178 e. The SMILES string of the molecule is COc1ccc(Cc2nn[nH]n2)cc1Cc1ccc(OCc2ccc3ccccc3n2)cc1. The molecule has 5 aromatic rings. The first-order valence-electron chi connectivity index (χ1n) is 10.7. The summed E-state index contributed by atoms with van der Waals surface area (Å²) >= 11 is 0. The summed E-state index contributed by atoms with van der Waals surface area (Å²) in [5.74, 6) is 2.33. The van der Waals surface area contributed by atoms with E-state index in [4.69, 9.17) is 9.47 Å². The molecule has 0 bridgehead atoms. The van der Waals surface area contributed by atoms with Gasteiger partial charge in [-0.1, -0.05) is 53.7 Å². The van der Waals surface area contributed by atoms with Crippen molar-refractivity contribution < 1.29 is 9.47 Å². The van der Waals surface area contributed by atoms with Gasteiger partial charge in [-0.15, -0.1) is 10.2 Å². The van der Waals surface area contributed by atoms with Crippen molar-refractivity contribution in [3.05, 3.63) is 107 Å². The molecule has 0 amide bonds. The summed E-state index contributed by atoms with van der Waals surface area (Å²) in [5, 5.41) is 15.3. The summed E-state index contributed by atoms with van der Waals surface area (Å²) in [6, 6.07) is 26.4. The summed E-state index contributed by atoms with van der Waals surface area (Å²) in [6.07, 6.45) is 1.36. The first-order chi connectivity index (χ1) is 16.3. The smallest absolute Gasteiger partial charge is 0.178 e. The lowest BCUT2D eigenvalue weighted by Gasteiger charge is -2.11. The minimum absolute atomic E-state index is 0.427. The molecule has 0 unspecified atom stereocenters. The van der Waals surface area contributed by atoms with Crippen molar-refractivity contribution in [1.82, 2.24) is 25.6 Å². The van der Waals surface area contributed by atoms with E-state index in [1.54, 1.807) is 7.11 Å². The van der Waals surface area contributed by atoms with Gasteiger partial charge in [0.2, 0.25) is 0 Å². The van der Waals surface area contributed by atoms with Crippen LogP contribution in [0.2, 0.25) is 0 Å². The molecular formula is C26H23N5O2. The van der Waals surface area contributed by atoms with E-state index >= 15 is 0 Å². The number of nitrogens with zero attached hydrogens (tertiary/aromatic N) is 4. The molecule has 0 saturated carbocycles. The minimum Gasteiger partial charge on any atom is -0.496 e. The Morgan fingerprint density at radius 1 is 0.848 bits per heavy atom. The Morgan fingerprint density at radius 3 is 2.52 bits per heavy atom. The first-order valence-corrected chi connectivity index (χ1v) is 10.7. The van der Waals surface area contributed by atoms with Crippen LogP contribution in [0.25, 0.3) is 10.9 Å². The van der Waals surface area contributed by atoms with E-state index in [2.05, 4.69) is 55.9 Å². The van der Waals surface area contributed by atoms with E-state index in [-0.39, 0.29) is 0 Å². The summed E-state index contributed by atoms with van der Waals surface area (Å²) in [5.41, 5.74) is 5.26. The summed E-state index contributed by atoms with van der Waals surface area (Å²) in [7, 11) is 1.69. The van der Waals surface area contributed by atoms with Gasteiger partial charge in [0.1, 0.15) is 18.1 Å². The fourth-order valence-corrected chi connectivity index (χ4v) is 3.79. The molecule has 164 valence electrons. The molecule has 7 heteroatoms. The highest BCUT2D eigenvalue weighted by molar-refractivity contribution is 5.78. The number of nitrogens with one attached hydrogen (secondary N) is 1. The van der Waals surface area contributed by atoms with Gasteiger partial charge in [0.25, 0.3) is 0 Å². The number of pyridine rings is 1. The quantitative estimate of drug-likeness (QED) is 0.384. The van der Waals surface area contributed by atoms with Crippen LogP contribution in [0.1, 0.15) is 28.2 Å². The van der Waals surface area contributed by atoms with Crippen molar-refractivity contribution >= 4 is 10.9 Å². The van der Waals surface area contributed by atoms with Gasteiger partial charge in [0.15, 0.2) is 5.82 Å². The Hall–Kier alpha value is -4.26. The molecule has 3 aromatic carbocycles. The maximum absolute atomic E-state index is 5.96. The molecule has 0 radical (unpaired) electrons. The van der Waals surface area contributed by atoms with Crippen molar-refractivity contribution in [3.8, 4) is 11.5 Å². The third-order valence-electron chi connectivity index (χ3n) is 5.46. The number of H-pyrrole nitrogens is 1. The Balaban J connectivity index is 1.25. The molecule has 0 aliphatic heterocycles. The molecule has 7 nitrogen and oxygen atoms in total. The Kier molecular flexibility index (Phi) is 5.93. The second kappa shape index (κ2) is 9.48. The predicted molar refractivity (Wildman–Crippen MR) is 125 cm³/mol. The zero-order chi connectivity index (χ0) is 22.5. The number of aromatic nitrogens is 5. The van der Waals surface area contributed by atoms with Gasteiger partial charge in [-0.05, 0) is 47.0 Å². The maximum atomic E-state index is 5.96. The first kappa shape index (κ1) is 20.6. The lowest BCUT2D eigenvalue weighted by atomic mass is 10.0. The van der Waals surface area contributed by atoms with Gasteiger partial charge >= 0.3 is 0 Å². The molecule has 1 N–H and O–H groups in total. The number of benzene rings is 3. The molecule has 0 saturated heterocycles. The van der Waals surface area contributed by atoms with Gasteiger partial charge in [-0.2, -0.15) is 5.21 Å². The third kappa shape index (κ3) is 4.98. The second-order valence-corrected chi connectivity index (χ2v) is 7.76. The monoisotopic (exact) mass is 437 g/mol. The largest absolute Gasteiger partial charge is 0.496 e. The van der Waals surface area contributed by atoms with E-state index in [0.29, 0.717) is 18.9 Å². The molecule has 2 heterocycles. The van der Waals surface area contributed by atoms with Gasteiger partial charge in [0.05, 0.1) is 18.3 Å². The highest BCUT2D eigenvalue weighted by atomic mass is 16.5. The van der Waals surface area contributed by atoms with Crippen molar-refractivity contribution in [1.29, 1.82) is 0 Å². The second-order valence-electron chi connectivity index (χ2n) is 7.76. The zero-order valence-electron chi connectivity index (χ0n) is 18.2. The van der Waals surface area contributed by atoms with Crippen molar-refractivity contribution in [2.75, 3.05) is 7.11 Å². The van der Waals surface area contributed by atoms with Crippen LogP contribution >= 0.6 is 0 Å². The molecule has 0 aliphatic carbocycles. The van der Waals surface area contributed by atoms with Crippen LogP contribution in [0, 0.1) is 0 Å². The third-order valence-corrected chi connectivity index (χ3v) is 5.46. The van der Waals surface area contributed by atoms with E-state index in [1.165, 1.54) is 5.56 Å². The molecule has 5 rings (SSSR count). The molecule has 33 heavy (non-hydrogen) atoms. The van der Waals surface area contributed by atoms with E-state index in [9.17, 15) is 0 Å². The number of fused-ring (bicyclic) bond motifs is 1. The molecular weight excluding hydrogens is 414 g/mol. The molecule has 0 fully saturated rings. The van der Waals surface area contributed by atoms with E-state index in [1.807, 2.05) is 48.5 Å². The normalized spacial score (nSPS) is 10.9. The summed E-state index contributed by atoms with van der Waals surface area (Å²) in [6.45, 7) is 0.427. The molecule has 2 aromatic heterocycles. The van der Waals surface area contributed by atoms with Gasteiger partial charge < -0.3 is 9.47 Å². The van der Waals surface area contributed by atoms with Crippen LogP contribution in [-0.4, -0.2) is 32.7 Å². The number of aromatic amines is 1. The Morgan fingerprint density at radius 2 is 1.70 bits per heavy atom. The topological polar surface area (TPSA) is 85.8 Å². The number of ether oxygens (including phenoxy) is 2. The van der Waals surface area contributed by atoms with Gasteiger partial charge in [0, 0.05) is 18.2 Å². The number of rotatable bonds is 8. The summed E-state index contributed by atoms with van der Waals surface area (Å²) < 4.78 is 11.5. The van der Waals surface area contributed by atoms with Crippen LogP contribution < -0.4 is 9.47 Å². The van der Waals surface area contributed by atoms with Crippen molar-refractivity contribution in [2.45, 2.75) is 19.4 Å². The Bertz CT molecular complexity index is 1350. The predicted octanol–water partition coefficient (Wildman–Crippen LogP) is 4.52. The lowest BCUT2D eigenvalue weighted by molar-refractivity contribution is 0.301. The van der Waals surface area contributed by atoms with Crippen molar-refractivity contribution in [3.63, 3.8) is 0 Å². The zero-order valence-corrected chi connectivity index (χ0v) is 18.2. The van der Waals surface area contributed by atoms with Crippen LogP contribution in [0.4, 0.5) is 0 Å². The minimum atomic E-state index is 0.427. The molecule has 0 atom stereocenters. The number of methoxy groups -OCH3 is 1. The number of hydrogen-bond acceptors (Lipinski definition) is 6. The van der Waals surface area contributed by atoms with Crippen LogP contribution in [0.3, 0.4) is 0 Å². The number of tetrazole rings is 1. The molecule has 0 spiro atoms. The summed E-state index contributed by atoms with van der Waals surface area (Å²) in [4.78, 5) is 4.66. The molecule has 0 aliphatic rings. The lowest BCUT2D eigenvalue weighted by Crippen LogP contribution is -1.99. The van der Waals surface area contributed by atoms with Gasteiger partial charge in [-0.3, -0.25) is 0 Å². The average molecular weight is 438 g/mol. The van der Waals surface area contributed by atoms with Crippen LogP contribution in [0.5, 0.6) is 11.5 Å². The number of para-hydroxylation sites is 1. The number of hydrogen-bond donors (Lipinski definition) is 1. The van der Waals surface area contributed by atoms with E-state index < -0.39 is 0 Å². The average Bonchev–Trinajstić information content (AvgIpc) is 3.37.